The van der Waals surface area contributed by atoms with Crippen molar-refractivity contribution in [2.24, 2.45) is 5.92 Å². The molecule has 2 aromatic heterocycles. The van der Waals surface area contributed by atoms with E-state index in [0.29, 0.717) is 17.8 Å². The maximum atomic E-state index is 5.98. The lowest BCUT2D eigenvalue weighted by Gasteiger charge is -2.22. The third kappa shape index (κ3) is 3.41. The highest BCUT2D eigenvalue weighted by atomic mass is 35.5. The van der Waals surface area contributed by atoms with Crippen LogP contribution in [0, 0.1) is 5.92 Å². The average molecular weight is 281 g/mol. The van der Waals surface area contributed by atoms with Crippen molar-refractivity contribution < 1.29 is 0 Å². The standard InChI is InChI=1S/C12H17ClN6/c1-4-18(7-9(2)3)11-15-10(13)16-12(17-11)19-6-5-14-8-19/h5-6,8-9H,4,7H2,1-3H3. The van der Waals surface area contributed by atoms with Crippen LogP contribution in [0.2, 0.25) is 5.28 Å². The smallest absolute Gasteiger partial charge is 0.241 e. The molecule has 102 valence electrons. The van der Waals surface area contributed by atoms with Crippen LogP contribution in [-0.4, -0.2) is 37.6 Å². The number of aromatic nitrogens is 5. The summed E-state index contributed by atoms with van der Waals surface area (Å²) >= 11 is 5.98. The average Bonchev–Trinajstić information content (AvgIpc) is 2.88. The zero-order valence-corrected chi connectivity index (χ0v) is 12.0. The van der Waals surface area contributed by atoms with Crippen molar-refractivity contribution >= 4 is 17.5 Å². The first-order valence-electron chi connectivity index (χ1n) is 6.25. The van der Waals surface area contributed by atoms with Crippen molar-refractivity contribution in [3.63, 3.8) is 0 Å². The molecule has 0 N–H and O–H groups in total. The number of hydrogen-bond donors (Lipinski definition) is 0. The predicted molar refractivity (Wildman–Crippen MR) is 74.7 cm³/mol. The summed E-state index contributed by atoms with van der Waals surface area (Å²) < 4.78 is 1.71. The first kappa shape index (κ1) is 13.7. The molecule has 0 saturated heterocycles. The predicted octanol–water partition coefficient (Wildman–Crippen LogP) is 2.19. The molecule has 2 rings (SSSR count). The maximum Gasteiger partial charge on any atom is 0.241 e. The van der Waals surface area contributed by atoms with Crippen LogP contribution in [0.25, 0.3) is 5.95 Å². The van der Waals surface area contributed by atoms with Crippen molar-refractivity contribution in [3.8, 4) is 5.95 Å². The van der Waals surface area contributed by atoms with E-state index in [1.165, 1.54) is 0 Å². The van der Waals surface area contributed by atoms with Gasteiger partial charge in [-0.1, -0.05) is 13.8 Å². The second-order valence-corrected chi connectivity index (χ2v) is 4.94. The van der Waals surface area contributed by atoms with Crippen LogP contribution >= 0.6 is 11.6 Å². The molecule has 19 heavy (non-hydrogen) atoms. The zero-order valence-electron chi connectivity index (χ0n) is 11.3. The van der Waals surface area contributed by atoms with Gasteiger partial charge in [0.15, 0.2) is 0 Å². The molecule has 0 radical (unpaired) electrons. The van der Waals surface area contributed by atoms with Gasteiger partial charge in [0, 0.05) is 25.5 Å². The van der Waals surface area contributed by atoms with Crippen molar-refractivity contribution in [2.45, 2.75) is 20.8 Å². The van der Waals surface area contributed by atoms with E-state index in [9.17, 15) is 0 Å². The van der Waals surface area contributed by atoms with Crippen molar-refractivity contribution in [2.75, 3.05) is 18.0 Å². The number of nitrogens with zero attached hydrogens (tertiary/aromatic N) is 6. The van der Waals surface area contributed by atoms with Crippen LogP contribution in [0.5, 0.6) is 0 Å². The van der Waals surface area contributed by atoms with Gasteiger partial charge >= 0.3 is 0 Å². The minimum atomic E-state index is 0.191. The summed E-state index contributed by atoms with van der Waals surface area (Å²) in [7, 11) is 0. The van der Waals surface area contributed by atoms with Crippen LogP contribution < -0.4 is 4.90 Å². The molecule has 0 aromatic carbocycles. The van der Waals surface area contributed by atoms with Crippen LogP contribution in [0.1, 0.15) is 20.8 Å². The molecule has 0 fully saturated rings. The van der Waals surface area contributed by atoms with E-state index >= 15 is 0 Å². The van der Waals surface area contributed by atoms with Crippen LogP contribution in [-0.2, 0) is 0 Å². The summed E-state index contributed by atoms with van der Waals surface area (Å²) in [5.74, 6) is 1.60. The fourth-order valence-electron chi connectivity index (χ4n) is 1.76. The molecule has 0 atom stereocenters. The molecule has 6 nitrogen and oxygen atoms in total. The fourth-order valence-corrected chi connectivity index (χ4v) is 1.91. The van der Waals surface area contributed by atoms with Crippen molar-refractivity contribution in [3.05, 3.63) is 24.0 Å². The highest BCUT2D eigenvalue weighted by molar-refractivity contribution is 6.28. The molecule has 0 spiro atoms. The molecular formula is C12H17ClN6. The molecule has 0 amide bonds. The second-order valence-electron chi connectivity index (χ2n) is 4.61. The molecule has 0 unspecified atom stereocenters. The highest BCUT2D eigenvalue weighted by Crippen LogP contribution is 2.14. The Morgan fingerprint density at radius 3 is 2.68 bits per heavy atom. The largest absolute Gasteiger partial charge is 0.341 e. The van der Waals surface area contributed by atoms with Gasteiger partial charge in [-0.2, -0.15) is 15.0 Å². The van der Waals surface area contributed by atoms with Crippen LogP contribution in [0.3, 0.4) is 0 Å². The summed E-state index contributed by atoms with van der Waals surface area (Å²) in [6, 6.07) is 0. The molecule has 0 saturated carbocycles. The van der Waals surface area contributed by atoms with Gasteiger partial charge < -0.3 is 4.90 Å². The highest BCUT2D eigenvalue weighted by Gasteiger charge is 2.13. The second kappa shape index (κ2) is 5.97. The quantitative estimate of drug-likeness (QED) is 0.840. The Labute approximate surface area is 117 Å². The first-order chi connectivity index (χ1) is 9.10. The lowest BCUT2D eigenvalue weighted by atomic mass is 10.2. The molecule has 0 aliphatic rings. The Bertz CT molecular complexity index is 525. The zero-order chi connectivity index (χ0) is 13.8. The molecule has 2 aromatic rings. The number of imidazole rings is 1. The van der Waals surface area contributed by atoms with Gasteiger partial charge in [0.1, 0.15) is 6.33 Å². The Morgan fingerprint density at radius 1 is 1.32 bits per heavy atom. The van der Waals surface area contributed by atoms with E-state index < -0.39 is 0 Å². The Kier molecular flexibility index (Phi) is 4.31. The number of hydrogen-bond acceptors (Lipinski definition) is 5. The van der Waals surface area contributed by atoms with Gasteiger partial charge in [-0.15, -0.1) is 0 Å². The van der Waals surface area contributed by atoms with Crippen LogP contribution in [0.4, 0.5) is 5.95 Å². The summed E-state index contributed by atoms with van der Waals surface area (Å²) in [4.78, 5) is 18.8. The van der Waals surface area contributed by atoms with Crippen LogP contribution in [0.15, 0.2) is 18.7 Å². The van der Waals surface area contributed by atoms with E-state index in [1.54, 1.807) is 23.3 Å². The van der Waals surface area contributed by atoms with Gasteiger partial charge in [-0.05, 0) is 24.4 Å². The van der Waals surface area contributed by atoms with E-state index in [-0.39, 0.29) is 5.28 Å². The maximum absolute atomic E-state index is 5.98. The molecule has 0 aliphatic heterocycles. The van der Waals surface area contributed by atoms with E-state index in [4.69, 9.17) is 11.6 Å². The minimum absolute atomic E-state index is 0.191. The van der Waals surface area contributed by atoms with Gasteiger partial charge in [0.2, 0.25) is 17.2 Å². The molecular weight excluding hydrogens is 264 g/mol. The lowest BCUT2D eigenvalue weighted by Crippen LogP contribution is -2.29. The molecule has 0 bridgehead atoms. The summed E-state index contributed by atoms with van der Waals surface area (Å²) in [6.07, 6.45) is 5.07. The van der Waals surface area contributed by atoms with E-state index in [1.807, 2.05) is 0 Å². The SMILES string of the molecule is CCN(CC(C)C)c1nc(Cl)nc(-n2ccnc2)n1. The summed E-state index contributed by atoms with van der Waals surface area (Å²) in [5, 5.41) is 0.191. The van der Waals surface area contributed by atoms with E-state index in [2.05, 4.69) is 45.6 Å². The Hall–Kier alpha value is -1.69. The number of rotatable bonds is 5. The third-order valence-corrected chi connectivity index (χ3v) is 2.74. The van der Waals surface area contributed by atoms with E-state index in [0.717, 1.165) is 13.1 Å². The van der Waals surface area contributed by atoms with Gasteiger partial charge in [0.25, 0.3) is 0 Å². The van der Waals surface area contributed by atoms with Gasteiger partial charge in [-0.3, -0.25) is 4.57 Å². The topological polar surface area (TPSA) is 59.7 Å². The summed E-state index contributed by atoms with van der Waals surface area (Å²) in [5.41, 5.74) is 0. The molecule has 0 aliphatic carbocycles. The lowest BCUT2D eigenvalue weighted by molar-refractivity contribution is 0.607. The number of halogens is 1. The van der Waals surface area contributed by atoms with Crippen molar-refractivity contribution in [1.82, 2.24) is 24.5 Å². The normalized spacial score (nSPS) is 11.0. The molecule has 7 heteroatoms. The van der Waals surface area contributed by atoms with Crippen molar-refractivity contribution in [1.29, 1.82) is 0 Å². The summed E-state index contributed by atoms with van der Waals surface area (Å²) in [6.45, 7) is 8.07. The Balaban J connectivity index is 2.35. The Morgan fingerprint density at radius 2 is 2.11 bits per heavy atom. The monoisotopic (exact) mass is 280 g/mol. The van der Waals surface area contributed by atoms with Gasteiger partial charge in [0.05, 0.1) is 0 Å². The minimum Gasteiger partial charge on any atom is -0.341 e. The number of anilines is 1. The molecule has 2 heterocycles. The first-order valence-corrected chi connectivity index (χ1v) is 6.62. The van der Waals surface area contributed by atoms with Gasteiger partial charge in [-0.25, -0.2) is 4.98 Å². The third-order valence-electron chi connectivity index (χ3n) is 2.57. The fraction of sp³-hybridized carbons (Fsp3) is 0.500.